The van der Waals surface area contributed by atoms with Crippen LogP contribution in [0.4, 0.5) is 0 Å². The van der Waals surface area contributed by atoms with E-state index in [-0.39, 0.29) is 6.10 Å². The normalized spacial score (nSPS) is 12.9. The monoisotopic (exact) mass is 152 g/mol. The van der Waals surface area contributed by atoms with Crippen LogP contribution >= 0.6 is 0 Å². The van der Waals surface area contributed by atoms with Gasteiger partial charge < -0.3 is 0 Å². The average molecular weight is 152 g/mol. The Morgan fingerprint density at radius 3 is 2.55 bits per heavy atom. The van der Waals surface area contributed by atoms with E-state index in [2.05, 4.69) is 4.89 Å². The van der Waals surface area contributed by atoms with Crippen molar-refractivity contribution in [2.24, 2.45) is 0 Å². The molecule has 0 aliphatic carbocycles. The second-order valence-electron chi connectivity index (χ2n) is 2.61. The maximum absolute atomic E-state index is 8.30. The molecule has 0 aliphatic heterocycles. The van der Waals surface area contributed by atoms with Gasteiger partial charge in [-0.2, -0.15) is 0 Å². The van der Waals surface area contributed by atoms with Gasteiger partial charge in [0, 0.05) is 6.42 Å². The van der Waals surface area contributed by atoms with Gasteiger partial charge >= 0.3 is 0 Å². The van der Waals surface area contributed by atoms with Crippen LogP contribution in [0.3, 0.4) is 0 Å². The van der Waals surface area contributed by atoms with Crippen LogP contribution in [-0.2, 0) is 11.3 Å². The number of hydrogen-bond donors (Lipinski definition) is 1. The zero-order valence-corrected chi connectivity index (χ0v) is 6.53. The summed E-state index contributed by atoms with van der Waals surface area (Å²) in [7, 11) is 0. The zero-order valence-electron chi connectivity index (χ0n) is 6.53. The predicted octanol–water partition coefficient (Wildman–Crippen LogP) is 2.11. The third-order valence-electron chi connectivity index (χ3n) is 1.55. The Morgan fingerprint density at radius 2 is 2.00 bits per heavy atom. The van der Waals surface area contributed by atoms with Crippen molar-refractivity contribution in [2.75, 3.05) is 0 Å². The van der Waals surface area contributed by atoms with Gasteiger partial charge in [0.2, 0.25) is 0 Å². The van der Waals surface area contributed by atoms with Crippen LogP contribution in [0.2, 0.25) is 0 Å². The van der Waals surface area contributed by atoms with E-state index < -0.39 is 0 Å². The lowest BCUT2D eigenvalue weighted by atomic mass is 10.1. The lowest BCUT2D eigenvalue weighted by molar-refractivity contribution is -0.273. The lowest BCUT2D eigenvalue weighted by Gasteiger charge is -2.05. The molecule has 0 amide bonds. The molecule has 11 heavy (non-hydrogen) atoms. The van der Waals surface area contributed by atoms with E-state index in [4.69, 9.17) is 5.26 Å². The summed E-state index contributed by atoms with van der Waals surface area (Å²) in [6.07, 6.45) is 0.620. The minimum Gasteiger partial charge on any atom is -0.252 e. The molecular weight excluding hydrogens is 140 g/mol. The van der Waals surface area contributed by atoms with E-state index in [1.54, 1.807) is 0 Å². The highest BCUT2D eigenvalue weighted by Gasteiger charge is 2.00. The standard InChI is InChI=1S/C9H12O2/c1-8(11-10)7-9-5-3-2-4-6-9/h2-6,8,10H,7H2,1H3/t8-/m0/s1. The van der Waals surface area contributed by atoms with Gasteiger partial charge in [-0.3, -0.25) is 5.26 Å². The van der Waals surface area contributed by atoms with Crippen LogP contribution in [0.15, 0.2) is 30.3 Å². The second-order valence-corrected chi connectivity index (χ2v) is 2.61. The molecular formula is C9H12O2. The van der Waals surface area contributed by atoms with Crippen molar-refractivity contribution in [1.29, 1.82) is 0 Å². The molecule has 0 fully saturated rings. The first kappa shape index (κ1) is 8.24. The Hall–Kier alpha value is -0.860. The Morgan fingerprint density at radius 1 is 1.36 bits per heavy atom. The molecule has 0 saturated carbocycles. The number of hydrogen-bond acceptors (Lipinski definition) is 2. The summed E-state index contributed by atoms with van der Waals surface area (Å²) in [6, 6.07) is 9.93. The average Bonchev–Trinajstić information content (AvgIpc) is 2.06. The van der Waals surface area contributed by atoms with Gasteiger partial charge in [-0.1, -0.05) is 30.3 Å². The predicted molar refractivity (Wildman–Crippen MR) is 43.3 cm³/mol. The summed E-state index contributed by atoms with van der Waals surface area (Å²) in [6.45, 7) is 1.83. The third kappa shape index (κ3) is 2.70. The first-order chi connectivity index (χ1) is 5.33. The fourth-order valence-corrected chi connectivity index (χ4v) is 0.983. The van der Waals surface area contributed by atoms with Crippen molar-refractivity contribution < 1.29 is 10.1 Å². The Balaban J connectivity index is 2.51. The molecule has 0 aromatic heterocycles. The summed E-state index contributed by atoms with van der Waals surface area (Å²) >= 11 is 0. The van der Waals surface area contributed by atoms with Crippen molar-refractivity contribution in [1.82, 2.24) is 0 Å². The van der Waals surface area contributed by atoms with E-state index >= 15 is 0 Å². The molecule has 2 nitrogen and oxygen atoms in total. The molecule has 1 rings (SSSR count). The van der Waals surface area contributed by atoms with E-state index in [1.807, 2.05) is 37.3 Å². The molecule has 0 spiro atoms. The highest BCUT2D eigenvalue weighted by molar-refractivity contribution is 5.15. The first-order valence-electron chi connectivity index (χ1n) is 3.67. The van der Waals surface area contributed by atoms with Gasteiger partial charge in [-0.25, -0.2) is 4.89 Å². The van der Waals surface area contributed by atoms with Crippen LogP contribution in [-0.4, -0.2) is 11.4 Å². The summed E-state index contributed by atoms with van der Waals surface area (Å²) in [4.78, 5) is 4.15. The summed E-state index contributed by atoms with van der Waals surface area (Å²) in [5.41, 5.74) is 1.18. The van der Waals surface area contributed by atoms with Crippen LogP contribution in [0, 0.1) is 0 Å². The van der Waals surface area contributed by atoms with E-state index in [1.165, 1.54) is 5.56 Å². The number of benzene rings is 1. The van der Waals surface area contributed by atoms with Crippen LogP contribution in [0.25, 0.3) is 0 Å². The van der Waals surface area contributed by atoms with Crippen molar-refractivity contribution in [3.8, 4) is 0 Å². The van der Waals surface area contributed by atoms with Crippen LogP contribution in [0.1, 0.15) is 12.5 Å². The molecule has 0 saturated heterocycles. The molecule has 60 valence electrons. The summed E-state index contributed by atoms with van der Waals surface area (Å²) < 4.78 is 0. The SMILES string of the molecule is C[C@@H](Cc1ccccc1)OO. The largest absolute Gasteiger partial charge is 0.252 e. The second kappa shape index (κ2) is 4.11. The zero-order chi connectivity index (χ0) is 8.10. The van der Waals surface area contributed by atoms with Crippen molar-refractivity contribution >= 4 is 0 Å². The smallest absolute Gasteiger partial charge is 0.0939 e. The highest BCUT2D eigenvalue weighted by atomic mass is 17.1. The Labute approximate surface area is 66.4 Å². The minimum absolute atomic E-state index is 0.127. The summed E-state index contributed by atoms with van der Waals surface area (Å²) in [5.74, 6) is 0. The highest BCUT2D eigenvalue weighted by Crippen LogP contribution is 2.03. The quantitative estimate of drug-likeness (QED) is 0.531. The Bertz CT molecular complexity index is 196. The van der Waals surface area contributed by atoms with E-state index in [0.717, 1.165) is 6.42 Å². The molecule has 1 aromatic rings. The third-order valence-corrected chi connectivity index (χ3v) is 1.55. The Kier molecular flexibility index (Phi) is 3.08. The van der Waals surface area contributed by atoms with Crippen molar-refractivity contribution in [2.45, 2.75) is 19.4 Å². The van der Waals surface area contributed by atoms with Crippen molar-refractivity contribution in [3.05, 3.63) is 35.9 Å². The first-order valence-corrected chi connectivity index (χ1v) is 3.67. The van der Waals surface area contributed by atoms with Gasteiger partial charge in [0.1, 0.15) is 0 Å². The maximum Gasteiger partial charge on any atom is 0.0939 e. The van der Waals surface area contributed by atoms with Crippen LogP contribution < -0.4 is 0 Å². The molecule has 1 aromatic carbocycles. The molecule has 1 atom stereocenters. The van der Waals surface area contributed by atoms with E-state index in [0.29, 0.717) is 0 Å². The van der Waals surface area contributed by atoms with Gasteiger partial charge in [-0.05, 0) is 12.5 Å². The molecule has 0 unspecified atom stereocenters. The summed E-state index contributed by atoms with van der Waals surface area (Å²) in [5, 5.41) is 8.30. The molecule has 0 bridgehead atoms. The maximum atomic E-state index is 8.30. The lowest BCUT2D eigenvalue weighted by Crippen LogP contribution is -2.08. The van der Waals surface area contributed by atoms with Crippen molar-refractivity contribution in [3.63, 3.8) is 0 Å². The van der Waals surface area contributed by atoms with Crippen LogP contribution in [0.5, 0.6) is 0 Å². The van der Waals surface area contributed by atoms with E-state index in [9.17, 15) is 0 Å². The number of rotatable bonds is 3. The minimum atomic E-state index is -0.127. The molecule has 0 aliphatic rings. The fourth-order valence-electron chi connectivity index (χ4n) is 0.983. The molecule has 0 radical (unpaired) electrons. The molecule has 1 N–H and O–H groups in total. The molecule has 0 heterocycles. The van der Waals surface area contributed by atoms with Gasteiger partial charge in [0.15, 0.2) is 0 Å². The van der Waals surface area contributed by atoms with Gasteiger partial charge in [0.05, 0.1) is 6.10 Å². The molecule has 2 heteroatoms. The topological polar surface area (TPSA) is 29.5 Å². The van der Waals surface area contributed by atoms with Gasteiger partial charge in [0.25, 0.3) is 0 Å². The van der Waals surface area contributed by atoms with Gasteiger partial charge in [-0.15, -0.1) is 0 Å². The fraction of sp³-hybridized carbons (Fsp3) is 0.333.